The standard InChI is InChI=1S/C20H17BrN6O4/c1-13-22-25-26-27(13)17(11-14-5-3-2-4-6-14)20(30)31-12-18(28)23-24-19(29)15-7-9-16(21)10-8-15/h2-11H,12H2,1H3,(H,23,28)(H,24,29)/b17-11-. The van der Waals surface area contributed by atoms with Crippen molar-refractivity contribution < 1.29 is 19.1 Å². The van der Waals surface area contributed by atoms with E-state index in [1.165, 1.54) is 4.68 Å². The van der Waals surface area contributed by atoms with Gasteiger partial charge in [-0.15, -0.1) is 5.10 Å². The van der Waals surface area contributed by atoms with Gasteiger partial charge in [-0.1, -0.05) is 46.3 Å². The van der Waals surface area contributed by atoms with E-state index in [2.05, 4.69) is 42.3 Å². The van der Waals surface area contributed by atoms with Gasteiger partial charge in [-0.3, -0.25) is 20.4 Å². The Labute approximate surface area is 185 Å². The van der Waals surface area contributed by atoms with E-state index in [1.807, 2.05) is 18.2 Å². The van der Waals surface area contributed by atoms with Gasteiger partial charge in [0.2, 0.25) is 0 Å². The van der Waals surface area contributed by atoms with Crippen LogP contribution in [0.15, 0.2) is 59.1 Å². The molecule has 3 rings (SSSR count). The number of ether oxygens (including phenoxy) is 1. The molecule has 0 aliphatic carbocycles. The van der Waals surface area contributed by atoms with Gasteiger partial charge < -0.3 is 4.74 Å². The van der Waals surface area contributed by atoms with Crippen LogP contribution in [0.4, 0.5) is 0 Å². The molecule has 0 fully saturated rings. The number of aromatic nitrogens is 4. The average Bonchev–Trinajstić information content (AvgIpc) is 3.20. The van der Waals surface area contributed by atoms with Crippen molar-refractivity contribution in [2.45, 2.75) is 6.92 Å². The zero-order valence-electron chi connectivity index (χ0n) is 16.3. The minimum Gasteiger partial charge on any atom is -0.451 e. The second-order valence-corrected chi connectivity index (χ2v) is 7.08. The average molecular weight is 485 g/mol. The summed E-state index contributed by atoms with van der Waals surface area (Å²) < 4.78 is 7.11. The molecular formula is C20H17BrN6O4. The van der Waals surface area contributed by atoms with Crippen LogP contribution in [0.5, 0.6) is 0 Å². The monoisotopic (exact) mass is 484 g/mol. The van der Waals surface area contributed by atoms with Crippen molar-refractivity contribution in [3.8, 4) is 0 Å². The van der Waals surface area contributed by atoms with Crippen LogP contribution in [0.25, 0.3) is 11.8 Å². The number of carbonyl (C=O) groups is 3. The summed E-state index contributed by atoms with van der Waals surface area (Å²) in [5.41, 5.74) is 5.54. The summed E-state index contributed by atoms with van der Waals surface area (Å²) in [6, 6.07) is 15.6. The Morgan fingerprint density at radius 3 is 2.42 bits per heavy atom. The molecule has 0 saturated carbocycles. The van der Waals surface area contributed by atoms with Gasteiger partial charge in [0.1, 0.15) is 0 Å². The Balaban J connectivity index is 1.61. The fraction of sp³-hybridized carbons (Fsp3) is 0.100. The van der Waals surface area contributed by atoms with Gasteiger partial charge in [-0.2, -0.15) is 4.68 Å². The lowest BCUT2D eigenvalue weighted by molar-refractivity contribution is -0.143. The van der Waals surface area contributed by atoms with Crippen LogP contribution in [-0.2, 0) is 14.3 Å². The number of aryl methyl sites for hydroxylation is 1. The predicted molar refractivity (Wildman–Crippen MR) is 114 cm³/mol. The highest BCUT2D eigenvalue weighted by Gasteiger charge is 2.19. The smallest absolute Gasteiger partial charge is 0.357 e. The third kappa shape index (κ3) is 6.06. The molecule has 0 spiro atoms. The van der Waals surface area contributed by atoms with Crippen molar-refractivity contribution in [3.63, 3.8) is 0 Å². The Bertz CT molecular complexity index is 1110. The van der Waals surface area contributed by atoms with Crippen molar-refractivity contribution in [2.24, 2.45) is 0 Å². The van der Waals surface area contributed by atoms with Gasteiger partial charge in [0, 0.05) is 10.0 Å². The molecule has 10 nitrogen and oxygen atoms in total. The largest absolute Gasteiger partial charge is 0.451 e. The van der Waals surface area contributed by atoms with Gasteiger partial charge in [-0.05, 0) is 53.3 Å². The topological polar surface area (TPSA) is 128 Å². The fourth-order valence-electron chi connectivity index (χ4n) is 2.41. The third-order valence-corrected chi connectivity index (χ3v) is 4.45. The molecule has 0 unspecified atom stereocenters. The first-order valence-electron chi connectivity index (χ1n) is 8.98. The summed E-state index contributed by atoms with van der Waals surface area (Å²) in [7, 11) is 0. The summed E-state index contributed by atoms with van der Waals surface area (Å²) in [6.07, 6.45) is 1.54. The molecule has 0 saturated heterocycles. The molecule has 0 atom stereocenters. The number of amides is 2. The van der Waals surface area contributed by atoms with E-state index < -0.39 is 24.4 Å². The lowest BCUT2D eigenvalue weighted by atomic mass is 10.2. The summed E-state index contributed by atoms with van der Waals surface area (Å²) in [6.45, 7) is 1.00. The molecule has 2 N–H and O–H groups in total. The summed E-state index contributed by atoms with van der Waals surface area (Å²) in [5.74, 6) is -1.67. The SMILES string of the molecule is Cc1nnnn1/C(=C\c1ccccc1)C(=O)OCC(=O)NNC(=O)c1ccc(Br)cc1. The molecule has 2 aromatic carbocycles. The Morgan fingerprint density at radius 1 is 1.06 bits per heavy atom. The van der Waals surface area contributed by atoms with E-state index >= 15 is 0 Å². The third-order valence-electron chi connectivity index (χ3n) is 3.92. The summed E-state index contributed by atoms with van der Waals surface area (Å²) in [4.78, 5) is 36.6. The van der Waals surface area contributed by atoms with Crippen LogP contribution in [0, 0.1) is 6.92 Å². The molecule has 3 aromatic rings. The lowest BCUT2D eigenvalue weighted by Crippen LogP contribution is -2.43. The van der Waals surface area contributed by atoms with Crippen molar-refractivity contribution in [1.82, 2.24) is 31.1 Å². The first-order chi connectivity index (χ1) is 14.9. The van der Waals surface area contributed by atoms with E-state index in [-0.39, 0.29) is 5.70 Å². The highest BCUT2D eigenvalue weighted by atomic mass is 79.9. The summed E-state index contributed by atoms with van der Waals surface area (Å²) in [5, 5.41) is 11.1. The van der Waals surface area contributed by atoms with Gasteiger partial charge in [0.05, 0.1) is 0 Å². The highest BCUT2D eigenvalue weighted by Crippen LogP contribution is 2.13. The number of nitrogens with zero attached hydrogens (tertiary/aromatic N) is 4. The van der Waals surface area contributed by atoms with Crippen molar-refractivity contribution in [3.05, 3.63) is 76.0 Å². The molecule has 158 valence electrons. The number of nitrogens with one attached hydrogen (secondary N) is 2. The first-order valence-corrected chi connectivity index (χ1v) is 9.77. The van der Waals surface area contributed by atoms with E-state index in [9.17, 15) is 14.4 Å². The Morgan fingerprint density at radius 2 is 1.77 bits per heavy atom. The minimum absolute atomic E-state index is 0.0281. The van der Waals surface area contributed by atoms with E-state index in [0.717, 1.165) is 10.0 Å². The number of esters is 1. The van der Waals surface area contributed by atoms with Crippen LogP contribution in [-0.4, -0.2) is 44.6 Å². The predicted octanol–water partition coefficient (Wildman–Crippen LogP) is 1.75. The van der Waals surface area contributed by atoms with Crippen LogP contribution in [0.2, 0.25) is 0 Å². The van der Waals surface area contributed by atoms with Crippen molar-refractivity contribution in [2.75, 3.05) is 6.61 Å². The number of carbonyl (C=O) groups excluding carboxylic acids is 3. The number of benzene rings is 2. The number of rotatable bonds is 6. The van der Waals surface area contributed by atoms with Crippen LogP contribution >= 0.6 is 15.9 Å². The Kier molecular flexibility index (Phi) is 7.22. The lowest BCUT2D eigenvalue weighted by Gasteiger charge is -2.10. The number of hydrogen-bond acceptors (Lipinski definition) is 7. The molecule has 11 heteroatoms. The molecule has 2 amide bonds. The van der Waals surface area contributed by atoms with Gasteiger partial charge in [0.25, 0.3) is 11.8 Å². The van der Waals surface area contributed by atoms with Crippen molar-refractivity contribution in [1.29, 1.82) is 0 Å². The quantitative estimate of drug-likeness (QED) is 0.309. The maximum atomic E-state index is 12.6. The number of hydrogen-bond donors (Lipinski definition) is 2. The molecule has 1 heterocycles. The normalized spacial score (nSPS) is 11.0. The summed E-state index contributed by atoms with van der Waals surface area (Å²) >= 11 is 3.27. The molecule has 0 aliphatic heterocycles. The van der Waals surface area contributed by atoms with E-state index in [4.69, 9.17) is 4.74 Å². The molecule has 0 radical (unpaired) electrons. The molecule has 0 bridgehead atoms. The number of halogens is 1. The first kappa shape index (κ1) is 21.8. The van der Waals surface area contributed by atoms with Crippen LogP contribution in [0.1, 0.15) is 21.7 Å². The number of tetrazole rings is 1. The zero-order valence-corrected chi connectivity index (χ0v) is 17.9. The highest BCUT2D eigenvalue weighted by molar-refractivity contribution is 9.10. The minimum atomic E-state index is -0.811. The van der Waals surface area contributed by atoms with Crippen molar-refractivity contribution >= 4 is 45.5 Å². The Hall–Kier alpha value is -3.86. The maximum Gasteiger partial charge on any atom is 0.357 e. The second-order valence-electron chi connectivity index (χ2n) is 6.16. The fourth-order valence-corrected chi connectivity index (χ4v) is 2.67. The van der Waals surface area contributed by atoms with Gasteiger partial charge >= 0.3 is 5.97 Å². The van der Waals surface area contributed by atoms with Gasteiger partial charge in [-0.25, -0.2) is 4.79 Å². The zero-order chi connectivity index (χ0) is 22.2. The molecule has 31 heavy (non-hydrogen) atoms. The maximum absolute atomic E-state index is 12.6. The number of hydrazine groups is 1. The second kappa shape index (κ2) is 10.3. The molecule has 1 aromatic heterocycles. The van der Waals surface area contributed by atoms with E-state index in [1.54, 1.807) is 49.4 Å². The van der Waals surface area contributed by atoms with Crippen LogP contribution < -0.4 is 10.9 Å². The van der Waals surface area contributed by atoms with Crippen LogP contribution in [0.3, 0.4) is 0 Å². The van der Waals surface area contributed by atoms with E-state index in [0.29, 0.717) is 11.4 Å². The molecular weight excluding hydrogens is 468 g/mol. The molecule has 0 aliphatic rings. The van der Waals surface area contributed by atoms with Gasteiger partial charge in [0.15, 0.2) is 18.1 Å².